The molecule has 2 amide bonds. The molecule has 17 heteroatoms. The van der Waals surface area contributed by atoms with Gasteiger partial charge in [-0.1, -0.05) is 48.0 Å². The van der Waals surface area contributed by atoms with Crippen LogP contribution in [0.2, 0.25) is 0 Å². The van der Waals surface area contributed by atoms with Crippen LogP contribution in [0.5, 0.6) is 0 Å². The van der Waals surface area contributed by atoms with Gasteiger partial charge in [-0.2, -0.15) is 13.2 Å². The Morgan fingerprint density at radius 1 is 0.521 bits per heavy atom. The number of benzene rings is 5. The fourth-order valence-corrected chi connectivity index (χ4v) is 7.91. The Morgan fingerprint density at radius 3 is 1.54 bits per heavy atom. The van der Waals surface area contributed by atoms with Crippen LogP contribution in [-0.2, 0) is 6.18 Å². The van der Waals surface area contributed by atoms with E-state index in [-0.39, 0.29) is 34.0 Å². The number of hydrogen-bond acceptors (Lipinski definition) is 5. The number of carbonyl (C=O) groups excluding carboxylic acids is 2. The van der Waals surface area contributed by atoms with Crippen LogP contribution in [0.3, 0.4) is 0 Å². The van der Waals surface area contributed by atoms with E-state index in [1.165, 1.54) is 53.2 Å². The standard InChI is InChI=1S/C27H15F6N3O.C27H20F2N4O/c28-16-8-10-17(11-9-16)35-26(37)19-13-15(7-12-20(19)27(31,32)33)22-5-2-6-23-25(34-14-36(22)23)18-3-1-4-21(29)24(18)30;1-16-9-11-19(12-10-16)32-27(34)21-13-18(14-30-17(21)2)23-7-4-8-24-26(31-15-33(23)24)20-5-3-6-22(28)25(20)29/h1-14H,(H,35,37);3-15H,1-2H3,(H,32,34). The molecule has 0 atom stereocenters. The van der Waals surface area contributed by atoms with Crippen molar-refractivity contribution in [3.05, 3.63) is 221 Å². The highest BCUT2D eigenvalue weighted by molar-refractivity contribution is 6.07. The molecule has 5 heterocycles. The fraction of sp³-hybridized carbons (Fsp3) is 0.0556. The largest absolute Gasteiger partial charge is 0.417 e. The van der Waals surface area contributed by atoms with E-state index >= 15 is 0 Å². The van der Waals surface area contributed by atoms with Crippen molar-refractivity contribution in [3.8, 4) is 45.0 Å². The average Bonchev–Trinajstić information content (AvgIpc) is 4.00. The lowest BCUT2D eigenvalue weighted by molar-refractivity contribution is -0.137. The third kappa shape index (κ3) is 9.57. The molecule has 0 fully saturated rings. The predicted octanol–water partition coefficient (Wildman–Crippen LogP) is 13.6. The smallest absolute Gasteiger partial charge is 0.322 e. The topological polar surface area (TPSA) is 106 Å². The van der Waals surface area contributed by atoms with Crippen molar-refractivity contribution in [1.29, 1.82) is 0 Å². The number of pyridine rings is 3. The van der Waals surface area contributed by atoms with Crippen LogP contribution in [-0.4, -0.2) is 35.6 Å². The molecule has 9 nitrogen and oxygen atoms in total. The Hall–Kier alpha value is -8.99. The lowest BCUT2D eigenvalue weighted by Gasteiger charge is -2.15. The Labute approximate surface area is 398 Å². The lowest BCUT2D eigenvalue weighted by atomic mass is 10.00. The van der Waals surface area contributed by atoms with Crippen LogP contribution in [0.25, 0.3) is 56.1 Å². The molecule has 0 aliphatic heterocycles. The van der Waals surface area contributed by atoms with Gasteiger partial charge in [-0.05, 0) is 123 Å². The van der Waals surface area contributed by atoms with Gasteiger partial charge in [-0.3, -0.25) is 23.4 Å². The summed E-state index contributed by atoms with van der Waals surface area (Å²) in [6, 6.07) is 34.9. The highest BCUT2D eigenvalue weighted by Gasteiger charge is 2.35. The number of amides is 2. The molecule has 0 aliphatic carbocycles. The van der Waals surface area contributed by atoms with Gasteiger partial charge in [0.05, 0.1) is 56.2 Å². The Balaban J connectivity index is 0.000000176. The second kappa shape index (κ2) is 19.2. The predicted molar refractivity (Wildman–Crippen MR) is 253 cm³/mol. The van der Waals surface area contributed by atoms with Gasteiger partial charge in [0.2, 0.25) is 0 Å². The number of halogens is 8. The molecule has 0 spiro atoms. The van der Waals surface area contributed by atoms with Crippen molar-refractivity contribution in [2.75, 3.05) is 10.6 Å². The summed E-state index contributed by atoms with van der Waals surface area (Å²) in [5.74, 6) is -5.88. The number of imidazole rings is 2. The van der Waals surface area contributed by atoms with Gasteiger partial charge in [0, 0.05) is 34.3 Å². The molecule has 5 aromatic heterocycles. The minimum atomic E-state index is -4.82. The minimum absolute atomic E-state index is 0.0774. The molecule has 0 unspecified atom stereocenters. The quantitative estimate of drug-likeness (QED) is 0.148. The summed E-state index contributed by atoms with van der Waals surface area (Å²) in [6.45, 7) is 3.75. The molecule has 0 aliphatic rings. The second-order valence-corrected chi connectivity index (χ2v) is 16.1. The summed E-state index contributed by atoms with van der Waals surface area (Å²) < 4.78 is 114. The first-order chi connectivity index (χ1) is 34.0. The first-order valence-corrected chi connectivity index (χ1v) is 21.5. The number of hydrogen-bond donors (Lipinski definition) is 2. The number of carbonyl (C=O) groups is 2. The summed E-state index contributed by atoms with van der Waals surface area (Å²) in [4.78, 5) is 38.8. The van der Waals surface area contributed by atoms with E-state index in [1.807, 2.05) is 37.3 Å². The highest BCUT2D eigenvalue weighted by Crippen LogP contribution is 2.37. The average molecular weight is 966 g/mol. The third-order valence-corrected chi connectivity index (χ3v) is 11.5. The van der Waals surface area contributed by atoms with Gasteiger partial charge in [0.25, 0.3) is 11.8 Å². The maximum atomic E-state index is 14.4. The Bertz CT molecular complexity index is 3660. The molecule has 5 aromatic carbocycles. The van der Waals surface area contributed by atoms with E-state index in [2.05, 4.69) is 25.6 Å². The summed E-state index contributed by atoms with van der Waals surface area (Å²) in [5.41, 5.74) is 4.59. The number of nitrogens with zero attached hydrogens (tertiary/aromatic N) is 5. The van der Waals surface area contributed by atoms with E-state index < -0.39 is 52.3 Å². The van der Waals surface area contributed by atoms with Crippen molar-refractivity contribution in [3.63, 3.8) is 0 Å². The van der Waals surface area contributed by atoms with Gasteiger partial charge in [0.15, 0.2) is 23.3 Å². The number of fused-ring (bicyclic) bond motifs is 2. The van der Waals surface area contributed by atoms with E-state index in [0.717, 1.165) is 42.0 Å². The SMILES string of the molecule is Cc1ccc(NC(=O)c2cc(-c3cccc4c(-c5cccc(F)c5F)ncn34)cnc2C)cc1.O=C(Nc1ccc(F)cc1)c1cc(-c2cccc3c(-c4cccc(F)c4F)ncn23)ccc1C(F)(F)F. The van der Waals surface area contributed by atoms with Crippen molar-refractivity contribution in [2.45, 2.75) is 20.0 Å². The summed E-state index contributed by atoms with van der Waals surface area (Å²) in [6.07, 6.45) is -0.261. The van der Waals surface area contributed by atoms with E-state index in [9.17, 15) is 44.7 Å². The first-order valence-electron chi connectivity index (χ1n) is 21.5. The maximum absolute atomic E-state index is 14.4. The van der Waals surface area contributed by atoms with E-state index in [0.29, 0.717) is 50.6 Å². The Morgan fingerprint density at radius 2 is 1.00 bits per heavy atom. The number of anilines is 2. The fourth-order valence-electron chi connectivity index (χ4n) is 7.91. The second-order valence-electron chi connectivity index (χ2n) is 16.1. The first kappa shape index (κ1) is 47.1. The molecule has 0 bridgehead atoms. The lowest BCUT2D eigenvalue weighted by Crippen LogP contribution is -2.19. The molecule has 0 radical (unpaired) electrons. The van der Waals surface area contributed by atoms with Crippen LogP contribution in [0, 0.1) is 42.9 Å². The number of nitrogens with one attached hydrogen (secondary N) is 2. The van der Waals surface area contributed by atoms with Gasteiger partial charge >= 0.3 is 6.18 Å². The molecular formula is C54H35F8N7O2. The zero-order chi connectivity index (χ0) is 50.1. The van der Waals surface area contributed by atoms with Crippen molar-refractivity contribution in [2.24, 2.45) is 0 Å². The van der Waals surface area contributed by atoms with Crippen molar-refractivity contribution >= 4 is 34.2 Å². The maximum Gasteiger partial charge on any atom is 0.417 e. The zero-order valence-electron chi connectivity index (χ0n) is 37.2. The summed E-state index contributed by atoms with van der Waals surface area (Å²) in [7, 11) is 0. The van der Waals surface area contributed by atoms with Gasteiger partial charge < -0.3 is 10.6 Å². The molecular weight excluding hydrogens is 931 g/mol. The Kier molecular flexibility index (Phi) is 12.7. The molecule has 2 N–H and O–H groups in total. The van der Waals surface area contributed by atoms with E-state index in [4.69, 9.17) is 0 Å². The molecule has 354 valence electrons. The summed E-state index contributed by atoms with van der Waals surface area (Å²) in [5, 5.41) is 5.25. The number of aromatic nitrogens is 5. The van der Waals surface area contributed by atoms with Crippen molar-refractivity contribution < 1.29 is 44.7 Å². The number of aryl methyl sites for hydroxylation is 2. The number of alkyl halides is 3. The number of rotatable bonds is 8. The van der Waals surface area contributed by atoms with Crippen LogP contribution in [0.4, 0.5) is 46.5 Å². The summed E-state index contributed by atoms with van der Waals surface area (Å²) >= 11 is 0. The van der Waals surface area contributed by atoms with Crippen LogP contribution in [0.1, 0.15) is 37.5 Å². The van der Waals surface area contributed by atoms with Gasteiger partial charge in [-0.15, -0.1) is 0 Å². The molecule has 71 heavy (non-hydrogen) atoms. The van der Waals surface area contributed by atoms with Gasteiger partial charge in [-0.25, -0.2) is 31.9 Å². The third-order valence-electron chi connectivity index (χ3n) is 11.5. The zero-order valence-corrected chi connectivity index (χ0v) is 37.2. The van der Waals surface area contributed by atoms with Crippen LogP contribution in [0.15, 0.2) is 164 Å². The minimum Gasteiger partial charge on any atom is -0.322 e. The van der Waals surface area contributed by atoms with E-state index in [1.54, 1.807) is 60.2 Å². The van der Waals surface area contributed by atoms with Crippen molar-refractivity contribution in [1.82, 2.24) is 23.8 Å². The molecule has 10 rings (SSSR count). The van der Waals surface area contributed by atoms with Gasteiger partial charge in [0.1, 0.15) is 18.5 Å². The molecule has 0 saturated heterocycles. The van der Waals surface area contributed by atoms with Crippen LogP contribution < -0.4 is 10.6 Å². The monoisotopic (exact) mass is 965 g/mol. The molecule has 0 saturated carbocycles. The highest BCUT2D eigenvalue weighted by atomic mass is 19.4. The van der Waals surface area contributed by atoms with Crippen LogP contribution >= 0.6 is 0 Å². The molecule has 10 aromatic rings. The normalized spacial score (nSPS) is 11.4.